The number of aliphatic hydroxyl groups excluding tert-OH is 1. The van der Waals surface area contributed by atoms with Crippen LogP contribution in [0.3, 0.4) is 0 Å². The van der Waals surface area contributed by atoms with Crippen molar-refractivity contribution in [2.24, 2.45) is 0 Å². The highest BCUT2D eigenvalue weighted by molar-refractivity contribution is 8.55. The summed E-state index contributed by atoms with van der Waals surface area (Å²) >= 11 is 0.0358. The van der Waals surface area contributed by atoms with Crippen molar-refractivity contribution in [3.63, 3.8) is 0 Å². The van der Waals surface area contributed by atoms with Crippen molar-refractivity contribution in [1.29, 1.82) is 0 Å². The summed E-state index contributed by atoms with van der Waals surface area (Å²) in [7, 11) is -4.99. The van der Waals surface area contributed by atoms with Crippen molar-refractivity contribution in [3.8, 4) is 0 Å². The highest BCUT2D eigenvalue weighted by atomic mass is 32.7. The van der Waals surface area contributed by atoms with Crippen LogP contribution in [0.4, 0.5) is 0 Å². The summed E-state index contributed by atoms with van der Waals surface area (Å²) in [4.78, 5) is 24.9. The zero-order valence-electron chi connectivity index (χ0n) is 5.89. The molecule has 2 unspecified atom stereocenters. The third kappa shape index (κ3) is 7.27. The standard InChI is InChI=1S/C2H8O7P2S/c1-2(3)12-11(7,8)9-10(4,5)6/h2-3H,1H3,(H,7,8)(H2,4,5,6). The van der Waals surface area contributed by atoms with Gasteiger partial charge in [-0.2, -0.15) is 4.31 Å². The quantitative estimate of drug-likeness (QED) is 0.406. The number of phosphoric acid groups is 1. The zero-order valence-corrected chi connectivity index (χ0v) is 8.50. The molecule has 0 spiro atoms. The van der Waals surface area contributed by atoms with Gasteiger partial charge in [0.25, 0.3) is 0 Å². The fourth-order valence-corrected chi connectivity index (χ4v) is 4.25. The Balaban J connectivity index is 4.25. The average Bonchev–Trinajstić information content (AvgIpc) is 1.48. The lowest BCUT2D eigenvalue weighted by Gasteiger charge is -2.12. The van der Waals surface area contributed by atoms with Crippen molar-refractivity contribution in [2.45, 2.75) is 12.4 Å². The fourth-order valence-electron chi connectivity index (χ4n) is 0.346. The first-order chi connectivity index (χ1) is 5.12. The average molecular weight is 238 g/mol. The van der Waals surface area contributed by atoms with Crippen LogP contribution < -0.4 is 0 Å². The van der Waals surface area contributed by atoms with E-state index < -0.39 is 20.1 Å². The molecule has 4 N–H and O–H groups in total. The fraction of sp³-hybridized carbons (Fsp3) is 1.00. The Hall–Kier alpha value is 0.610. The van der Waals surface area contributed by atoms with Gasteiger partial charge in [-0.3, -0.25) is 0 Å². The van der Waals surface area contributed by atoms with Crippen LogP contribution in [0.5, 0.6) is 0 Å². The molecule has 0 aliphatic heterocycles. The Bertz CT molecular complexity index is 232. The monoisotopic (exact) mass is 238 g/mol. The minimum Gasteiger partial charge on any atom is -0.382 e. The Morgan fingerprint density at radius 3 is 2.00 bits per heavy atom. The van der Waals surface area contributed by atoms with E-state index in [1.54, 1.807) is 0 Å². The van der Waals surface area contributed by atoms with Crippen molar-refractivity contribution in [3.05, 3.63) is 0 Å². The van der Waals surface area contributed by atoms with Crippen LogP contribution in [0.15, 0.2) is 0 Å². The van der Waals surface area contributed by atoms with E-state index in [2.05, 4.69) is 4.31 Å². The van der Waals surface area contributed by atoms with Gasteiger partial charge < -0.3 is 19.8 Å². The number of hydrogen-bond donors (Lipinski definition) is 4. The molecular formula is C2H8O7P2S. The van der Waals surface area contributed by atoms with Gasteiger partial charge in [-0.05, 0) is 18.3 Å². The molecule has 0 rings (SSSR count). The van der Waals surface area contributed by atoms with E-state index in [-0.39, 0.29) is 11.4 Å². The van der Waals surface area contributed by atoms with Crippen LogP contribution >= 0.6 is 26.0 Å². The van der Waals surface area contributed by atoms with Crippen LogP contribution in [0.2, 0.25) is 0 Å². The van der Waals surface area contributed by atoms with E-state index >= 15 is 0 Å². The molecule has 0 bridgehead atoms. The minimum atomic E-state index is -4.99. The molecule has 0 aromatic carbocycles. The molecule has 74 valence electrons. The zero-order chi connectivity index (χ0) is 9.99. The SMILES string of the molecule is CC(O)SP(=O)(O)OP(=O)(O)O. The Kier molecular flexibility index (Phi) is 4.43. The van der Waals surface area contributed by atoms with Gasteiger partial charge in [-0.1, -0.05) is 0 Å². The van der Waals surface area contributed by atoms with E-state index in [1.807, 2.05) is 0 Å². The summed E-state index contributed by atoms with van der Waals surface area (Å²) in [5, 5.41) is 8.58. The first-order valence-corrected chi connectivity index (χ1v) is 7.18. The number of rotatable bonds is 4. The van der Waals surface area contributed by atoms with Crippen LogP contribution in [-0.2, 0) is 13.4 Å². The van der Waals surface area contributed by atoms with Crippen molar-refractivity contribution < 1.29 is 33.2 Å². The second-order valence-electron chi connectivity index (χ2n) is 1.75. The summed E-state index contributed by atoms with van der Waals surface area (Å²) in [6, 6.07) is 0. The first-order valence-electron chi connectivity index (χ1n) is 2.58. The molecule has 0 amide bonds. The maximum Gasteiger partial charge on any atom is 0.477 e. The van der Waals surface area contributed by atoms with Gasteiger partial charge in [0, 0.05) is 0 Å². The minimum absolute atomic E-state index is 0.0358. The largest absolute Gasteiger partial charge is 0.477 e. The van der Waals surface area contributed by atoms with E-state index in [4.69, 9.17) is 19.8 Å². The van der Waals surface area contributed by atoms with Gasteiger partial charge in [0.2, 0.25) is 0 Å². The molecule has 0 fully saturated rings. The normalized spacial score (nSPS) is 20.1. The molecule has 0 radical (unpaired) electrons. The van der Waals surface area contributed by atoms with Crippen LogP contribution in [0.25, 0.3) is 0 Å². The lowest BCUT2D eigenvalue weighted by molar-refractivity contribution is 0.268. The van der Waals surface area contributed by atoms with Crippen LogP contribution in [0.1, 0.15) is 6.92 Å². The highest BCUT2D eigenvalue weighted by Gasteiger charge is 2.32. The highest BCUT2D eigenvalue weighted by Crippen LogP contribution is 2.65. The lowest BCUT2D eigenvalue weighted by atomic mass is 10.9. The molecule has 0 aliphatic rings. The summed E-state index contributed by atoms with van der Waals surface area (Å²) < 4.78 is 24.3. The molecule has 10 heteroatoms. The second kappa shape index (κ2) is 4.21. The second-order valence-corrected chi connectivity index (χ2v) is 7.23. The number of aliphatic hydroxyl groups is 1. The molecule has 0 aliphatic carbocycles. The van der Waals surface area contributed by atoms with Gasteiger partial charge in [-0.15, -0.1) is 0 Å². The molecule has 0 saturated heterocycles. The predicted molar refractivity (Wildman–Crippen MR) is 42.2 cm³/mol. The number of hydrogen-bond acceptors (Lipinski definition) is 5. The maximum absolute atomic E-state index is 10.7. The summed E-state index contributed by atoms with van der Waals surface area (Å²) in [5.41, 5.74) is -1.24. The topological polar surface area (TPSA) is 124 Å². The third-order valence-electron chi connectivity index (χ3n) is 0.495. The van der Waals surface area contributed by atoms with Gasteiger partial charge in [0.1, 0.15) is 5.44 Å². The molecule has 0 heterocycles. The summed E-state index contributed by atoms with van der Waals surface area (Å²) in [6.07, 6.45) is 0. The molecule has 2 atom stereocenters. The maximum atomic E-state index is 10.7. The molecular weight excluding hydrogens is 230 g/mol. The Morgan fingerprint density at radius 1 is 1.33 bits per heavy atom. The smallest absolute Gasteiger partial charge is 0.382 e. The van der Waals surface area contributed by atoms with Crippen molar-refractivity contribution in [1.82, 2.24) is 0 Å². The molecule has 12 heavy (non-hydrogen) atoms. The molecule has 0 saturated carbocycles. The molecule has 0 aromatic rings. The third-order valence-corrected chi connectivity index (χ3v) is 5.06. The van der Waals surface area contributed by atoms with Gasteiger partial charge >= 0.3 is 14.6 Å². The van der Waals surface area contributed by atoms with Gasteiger partial charge in [0.15, 0.2) is 0 Å². The van der Waals surface area contributed by atoms with E-state index in [0.717, 1.165) is 6.92 Å². The van der Waals surface area contributed by atoms with Gasteiger partial charge in [0.05, 0.1) is 0 Å². The van der Waals surface area contributed by atoms with Crippen LogP contribution in [0, 0.1) is 0 Å². The van der Waals surface area contributed by atoms with E-state index in [0.29, 0.717) is 0 Å². The summed E-state index contributed by atoms with van der Waals surface area (Å²) in [6.45, 7) is -3.30. The Labute approximate surface area is 72.3 Å². The van der Waals surface area contributed by atoms with Crippen molar-refractivity contribution in [2.75, 3.05) is 0 Å². The van der Waals surface area contributed by atoms with E-state index in [1.165, 1.54) is 0 Å². The molecule has 0 aromatic heterocycles. The lowest BCUT2D eigenvalue weighted by Crippen LogP contribution is -1.93. The van der Waals surface area contributed by atoms with Gasteiger partial charge in [-0.25, -0.2) is 9.13 Å². The first kappa shape index (κ1) is 12.6. The van der Waals surface area contributed by atoms with E-state index in [9.17, 15) is 9.13 Å². The Morgan fingerprint density at radius 2 is 1.75 bits per heavy atom. The predicted octanol–water partition coefficient (Wildman–Crippen LogP) is 0.268. The molecule has 7 nitrogen and oxygen atoms in total. The van der Waals surface area contributed by atoms with Crippen molar-refractivity contribution >= 4 is 26.0 Å². The van der Waals surface area contributed by atoms with Crippen LogP contribution in [-0.4, -0.2) is 25.2 Å². The summed E-state index contributed by atoms with van der Waals surface area (Å²) in [5.74, 6) is 0.